The highest BCUT2D eigenvalue weighted by Gasteiger charge is 2.31. The molecule has 1 aromatic rings. The molecule has 0 fully saturated rings. The van der Waals surface area contributed by atoms with E-state index in [4.69, 9.17) is 5.73 Å². The van der Waals surface area contributed by atoms with Gasteiger partial charge in [0, 0.05) is 18.6 Å². The van der Waals surface area contributed by atoms with Crippen LogP contribution in [0.3, 0.4) is 0 Å². The Kier molecular flexibility index (Phi) is 5.46. The minimum atomic E-state index is -0.968. The highest BCUT2D eigenvalue weighted by Crippen LogP contribution is 2.21. The Balaban J connectivity index is 0.00000225. The zero-order valence-electron chi connectivity index (χ0n) is 9.53. The quantitative estimate of drug-likeness (QED) is 0.910. The summed E-state index contributed by atoms with van der Waals surface area (Å²) in [7, 11) is 3.40. The molecule has 0 saturated heterocycles. The van der Waals surface area contributed by atoms with Crippen LogP contribution in [0.5, 0.6) is 0 Å². The second kappa shape index (κ2) is 5.66. The number of benzene rings is 1. The number of hydrogen-bond donors (Lipinski definition) is 1. The summed E-state index contributed by atoms with van der Waals surface area (Å²) in [6, 6.07) is 7.46. The molecule has 0 aliphatic heterocycles. The number of nitrogens with zero attached hydrogens (tertiary/aromatic N) is 1. The van der Waals surface area contributed by atoms with Crippen LogP contribution in [-0.2, 0) is 10.3 Å². The van der Waals surface area contributed by atoms with E-state index in [0.29, 0.717) is 0 Å². The molecule has 0 aliphatic rings. The molecule has 1 aromatic carbocycles. The first-order chi connectivity index (χ1) is 6.85. The minimum absolute atomic E-state index is 0. The van der Waals surface area contributed by atoms with Gasteiger partial charge < -0.3 is 10.6 Å². The van der Waals surface area contributed by atoms with Gasteiger partial charge in [-0.15, -0.1) is 12.4 Å². The van der Waals surface area contributed by atoms with Gasteiger partial charge in [-0.05, 0) is 24.6 Å². The van der Waals surface area contributed by atoms with E-state index in [2.05, 4.69) is 15.9 Å². The summed E-state index contributed by atoms with van der Waals surface area (Å²) in [6.45, 7) is 1.72. The van der Waals surface area contributed by atoms with E-state index in [9.17, 15) is 4.79 Å². The van der Waals surface area contributed by atoms with Crippen molar-refractivity contribution < 1.29 is 4.79 Å². The number of carbonyl (C=O) groups excluding carboxylic acids is 1. The van der Waals surface area contributed by atoms with Crippen molar-refractivity contribution in [2.75, 3.05) is 14.1 Å². The number of halogens is 2. The van der Waals surface area contributed by atoms with Crippen molar-refractivity contribution in [2.24, 2.45) is 5.73 Å². The van der Waals surface area contributed by atoms with Crippen molar-refractivity contribution in [2.45, 2.75) is 12.5 Å². The molecule has 1 amide bonds. The predicted octanol–water partition coefficient (Wildman–Crippen LogP) is 2.13. The fourth-order valence-corrected chi connectivity index (χ4v) is 1.65. The van der Waals surface area contributed by atoms with Crippen LogP contribution in [-0.4, -0.2) is 24.9 Å². The third kappa shape index (κ3) is 3.20. The van der Waals surface area contributed by atoms with Gasteiger partial charge in [0.05, 0.1) is 0 Å². The molecular weight excluding hydrogens is 291 g/mol. The van der Waals surface area contributed by atoms with E-state index < -0.39 is 5.54 Å². The summed E-state index contributed by atoms with van der Waals surface area (Å²) in [5.74, 6) is -0.107. The van der Waals surface area contributed by atoms with E-state index in [-0.39, 0.29) is 18.3 Å². The molecule has 0 saturated carbocycles. The zero-order valence-corrected chi connectivity index (χ0v) is 11.9. The standard InChI is InChI=1S/C11H15BrN2O.ClH/c1-11(13,10(15)14(2)3)8-4-6-9(12)7-5-8;/h4-7H,13H2,1-3H3;1H. The Hall–Kier alpha value is -0.580. The van der Waals surface area contributed by atoms with Gasteiger partial charge in [-0.1, -0.05) is 28.1 Å². The van der Waals surface area contributed by atoms with Gasteiger partial charge in [-0.3, -0.25) is 4.79 Å². The maximum atomic E-state index is 11.8. The molecule has 0 spiro atoms. The Bertz CT molecular complexity index is 363. The van der Waals surface area contributed by atoms with Crippen LogP contribution in [0, 0.1) is 0 Å². The molecule has 1 rings (SSSR count). The van der Waals surface area contributed by atoms with Crippen molar-refractivity contribution >= 4 is 34.2 Å². The lowest BCUT2D eigenvalue weighted by molar-refractivity contribution is -0.134. The Morgan fingerprint density at radius 1 is 1.31 bits per heavy atom. The van der Waals surface area contributed by atoms with Crippen molar-refractivity contribution in [1.82, 2.24) is 4.90 Å². The number of carbonyl (C=O) groups is 1. The third-order valence-corrected chi connectivity index (χ3v) is 2.82. The van der Waals surface area contributed by atoms with E-state index in [1.807, 2.05) is 24.3 Å². The summed E-state index contributed by atoms with van der Waals surface area (Å²) in [5, 5.41) is 0. The highest BCUT2D eigenvalue weighted by molar-refractivity contribution is 9.10. The number of hydrogen-bond acceptors (Lipinski definition) is 2. The van der Waals surface area contributed by atoms with Gasteiger partial charge in [-0.2, -0.15) is 0 Å². The lowest BCUT2D eigenvalue weighted by Gasteiger charge is -2.27. The fraction of sp³-hybridized carbons (Fsp3) is 0.364. The lowest BCUT2D eigenvalue weighted by atomic mass is 9.92. The second-order valence-corrected chi connectivity index (χ2v) is 4.82. The third-order valence-electron chi connectivity index (χ3n) is 2.29. The largest absolute Gasteiger partial charge is 0.347 e. The number of likely N-dealkylation sites (N-methyl/N-ethyl adjacent to an activating group) is 1. The van der Waals surface area contributed by atoms with Gasteiger partial charge in [-0.25, -0.2) is 0 Å². The lowest BCUT2D eigenvalue weighted by Crippen LogP contribution is -2.48. The molecule has 1 atom stereocenters. The van der Waals surface area contributed by atoms with E-state index >= 15 is 0 Å². The summed E-state index contributed by atoms with van der Waals surface area (Å²) in [4.78, 5) is 13.3. The van der Waals surface area contributed by atoms with Crippen LogP contribution in [0.4, 0.5) is 0 Å². The first kappa shape index (κ1) is 15.4. The molecule has 3 nitrogen and oxygen atoms in total. The minimum Gasteiger partial charge on any atom is -0.347 e. The van der Waals surface area contributed by atoms with Gasteiger partial charge >= 0.3 is 0 Å². The topological polar surface area (TPSA) is 46.3 Å². The summed E-state index contributed by atoms with van der Waals surface area (Å²) < 4.78 is 0.972. The maximum absolute atomic E-state index is 11.8. The normalized spacial score (nSPS) is 13.6. The Morgan fingerprint density at radius 3 is 2.12 bits per heavy atom. The molecular formula is C11H16BrClN2O. The molecule has 1 unspecified atom stereocenters. The smallest absolute Gasteiger partial charge is 0.246 e. The molecule has 0 aromatic heterocycles. The average molecular weight is 308 g/mol. The molecule has 16 heavy (non-hydrogen) atoms. The molecule has 0 heterocycles. The van der Waals surface area contributed by atoms with Crippen LogP contribution < -0.4 is 5.73 Å². The second-order valence-electron chi connectivity index (χ2n) is 3.91. The average Bonchev–Trinajstić information content (AvgIpc) is 2.17. The van der Waals surface area contributed by atoms with E-state index in [1.54, 1.807) is 21.0 Å². The van der Waals surface area contributed by atoms with E-state index in [1.165, 1.54) is 4.90 Å². The Labute approximate surface area is 111 Å². The van der Waals surface area contributed by atoms with Gasteiger partial charge in [0.15, 0.2) is 0 Å². The SMILES string of the molecule is CN(C)C(=O)C(C)(N)c1ccc(Br)cc1.Cl. The molecule has 5 heteroatoms. The fourth-order valence-electron chi connectivity index (χ4n) is 1.38. The predicted molar refractivity (Wildman–Crippen MR) is 71.6 cm³/mol. The number of rotatable bonds is 2. The maximum Gasteiger partial charge on any atom is 0.246 e. The first-order valence-corrected chi connectivity index (χ1v) is 5.41. The molecule has 0 radical (unpaired) electrons. The van der Waals surface area contributed by atoms with Crippen LogP contribution in [0.1, 0.15) is 12.5 Å². The molecule has 90 valence electrons. The molecule has 0 bridgehead atoms. The monoisotopic (exact) mass is 306 g/mol. The van der Waals surface area contributed by atoms with Gasteiger partial charge in [0.25, 0.3) is 0 Å². The van der Waals surface area contributed by atoms with E-state index in [0.717, 1.165) is 10.0 Å². The highest BCUT2D eigenvalue weighted by atomic mass is 79.9. The van der Waals surface area contributed by atoms with Crippen LogP contribution in [0.25, 0.3) is 0 Å². The Morgan fingerprint density at radius 2 is 1.75 bits per heavy atom. The number of nitrogens with two attached hydrogens (primary N) is 1. The van der Waals surface area contributed by atoms with Crippen LogP contribution >= 0.6 is 28.3 Å². The summed E-state index contributed by atoms with van der Waals surface area (Å²) >= 11 is 3.34. The van der Waals surface area contributed by atoms with Crippen molar-refractivity contribution in [3.8, 4) is 0 Å². The molecule has 2 N–H and O–H groups in total. The van der Waals surface area contributed by atoms with Gasteiger partial charge in [0.2, 0.25) is 5.91 Å². The van der Waals surface area contributed by atoms with Crippen molar-refractivity contribution in [3.05, 3.63) is 34.3 Å². The van der Waals surface area contributed by atoms with Gasteiger partial charge in [0.1, 0.15) is 5.54 Å². The molecule has 0 aliphatic carbocycles. The van der Waals surface area contributed by atoms with Crippen molar-refractivity contribution in [3.63, 3.8) is 0 Å². The zero-order chi connectivity index (χ0) is 11.6. The van der Waals surface area contributed by atoms with Crippen LogP contribution in [0.15, 0.2) is 28.7 Å². The van der Waals surface area contributed by atoms with Crippen LogP contribution in [0.2, 0.25) is 0 Å². The summed E-state index contributed by atoms with van der Waals surface area (Å²) in [5.41, 5.74) is 5.87. The van der Waals surface area contributed by atoms with Crippen molar-refractivity contribution in [1.29, 1.82) is 0 Å². The number of amides is 1. The summed E-state index contributed by atoms with van der Waals surface area (Å²) in [6.07, 6.45) is 0. The first-order valence-electron chi connectivity index (χ1n) is 4.62.